The molecule has 0 fully saturated rings. The van der Waals surface area contributed by atoms with Crippen LogP contribution in [0.25, 0.3) is 10.7 Å². The molecule has 4 N–H and O–H groups in total. The van der Waals surface area contributed by atoms with E-state index in [1.165, 1.54) is 11.3 Å². The van der Waals surface area contributed by atoms with E-state index >= 15 is 0 Å². The third-order valence-corrected chi connectivity index (χ3v) is 5.50. The van der Waals surface area contributed by atoms with Crippen LogP contribution in [0.5, 0.6) is 0 Å². The highest BCUT2D eigenvalue weighted by Crippen LogP contribution is 2.32. The Balaban J connectivity index is 1.72. The summed E-state index contributed by atoms with van der Waals surface area (Å²) in [5, 5.41) is 15.8. The van der Waals surface area contributed by atoms with Crippen LogP contribution in [0.1, 0.15) is 29.9 Å². The number of aryl methyl sites for hydroxylation is 1. The average Bonchev–Trinajstić information content (AvgIpc) is 3.24. The van der Waals surface area contributed by atoms with Gasteiger partial charge in [0.1, 0.15) is 0 Å². The van der Waals surface area contributed by atoms with Gasteiger partial charge in [0.05, 0.1) is 10.6 Å². The first-order valence-electron chi connectivity index (χ1n) is 9.51. The molecule has 3 amide bonds. The Morgan fingerprint density at radius 1 is 1.29 bits per heavy atom. The maximum atomic E-state index is 12.6. The molecule has 0 aliphatic carbocycles. The number of benzene rings is 1. The van der Waals surface area contributed by atoms with Crippen LogP contribution in [-0.2, 0) is 6.54 Å². The number of aromatic nitrogens is 4. The van der Waals surface area contributed by atoms with Crippen molar-refractivity contribution < 1.29 is 9.59 Å². The summed E-state index contributed by atoms with van der Waals surface area (Å²) in [6.45, 7) is 9.85. The van der Waals surface area contributed by atoms with Gasteiger partial charge in [-0.05, 0) is 57.3 Å². The highest BCUT2D eigenvalue weighted by molar-refractivity contribution is 7.71. The van der Waals surface area contributed by atoms with E-state index < -0.39 is 0 Å². The monoisotopic (exact) mass is 457 g/mol. The number of hydrogen-bond donors (Lipinski definition) is 4. The lowest BCUT2D eigenvalue weighted by Gasteiger charge is -2.10. The van der Waals surface area contributed by atoms with Gasteiger partial charge in [-0.25, -0.2) is 9.78 Å². The molecule has 2 heterocycles. The van der Waals surface area contributed by atoms with Crippen molar-refractivity contribution in [3.63, 3.8) is 0 Å². The fourth-order valence-electron chi connectivity index (χ4n) is 2.75. The molecule has 162 valence electrons. The van der Waals surface area contributed by atoms with Crippen molar-refractivity contribution in [1.29, 1.82) is 0 Å². The van der Waals surface area contributed by atoms with Gasteiger partial charge in [-0.2, -0.15) is 5.10 Å². The number of aromatic amines is 1. The number of hydrogen-bond acceptors (Lipinski definition) is 6. The van der Waals surface area contributed by atoms with Gasteiger partial charge in [-0.1, -0.05) is 17.4 Å². The highest BCUT2D eigenvalue weighted by Gasteiger charge is 2.17. The van der Waals surface area contributed by atoms with E-state index in [0.717, 1.165) is 10.6 Å². The zero-order valence-corrected chi connectivity index (χ0v) is 19.0. The Kier molecular flexibility index (Phi) is 6.98. The van der Waals surface area contributed by atoms with Crippen molar-refractivity contribution in [2.45, 2.75) is 33.4 Å². The zero-order valence-electron chi connectivity index (χ0n) is 17.4. The number of H-pyrrole nitrogens is 1. The van der Waals surface area contributed by atoms with Gasteiger partial charge in [-0.15, -0.1) is 6.58 Å². The minimum Gasteiger partial charge on any atom is -0.336 e. The summed E-state index contributed by atoms with van der Waals surface area (Å²) in [6.07, 6.45) is 1.73. The Hall–Kier alpha value is -3.31. The average molecular weight is 458 g/mol. The molecule has 9 nitrogen and oxygen atoms in total. The first-order chi connectivity index (χ1) is 14.8. The highest BCUT2D eigenvalue weighted by atomic mass is 32.1. The van der Waals surface area contributed by atoms with E-state index in [4.69, 9.17) is 12.2 Å². The number of allylic oxidation sites excluding steroid dienone is 1. The number of amides is 3. The van der Waals surface area contributed by atoms with Crippen molar-refractivity contribution in [3.05, 3.63) is 52.9 Å². The van der Waals surface area contributed by atoms with Crippen LogP contribution in [0.3, 0.4) is 0 Å². The number of nitrogens with zero attached hydrogens (tertiary/aromatic N) is 3. The quantitative estimate of drug-likeness (QED) is 0.311. The Bertz CT molecular complexity index is 1160. The van der Waals surface area contributed by atoms with Crippen LogP contribution in [-0.4, -0.2) is 37.7 Å². The molecule has 0 spiro atoms. The van der Waals surface area contributed by atoms with Gasteiger partial charge >= 0.3 is 6.03 Å². The predicted octanol–water partition coefficient (Wildman–Crippen LogP) is 4.34. The van der Waals surface area contributed by atoms with Gasteiger partial charge in [0, 0.05) is 23.8 Å². The normalized spacial score (nSPS) is 10.7. The molecule has 11 heteroatoms. The lowest BCUT2D eigenvalue weighted by Crippen LogP contribution is -2.34. The van der Waals surface area contributed by atoms with Crippen LogP contribution >= 0.6 is 23.6 Å². The topological polar surface area (TPSA) is 117 Å². The smallest absolute Gasteiger partial charge is 0.319 e. The third kappa shape index (κ3) is 5.44. The number of carbonyl (C=O) groups is 2. The molecule has 3 aromatic rings. The molecule has 1 aromatic carbocycles. The first-order valence-corrected chi connectivity index (χ1v) is 10.7. The number of rotatable bonds is 7. The van der Waals surface area contributed by atoms with Crippen LogP contribution in [0.4, 0.5) is 15.6 Å². The number of carbonyl (C=O) groups excluding carboxylic acids is 2. The fraction of sp³-hybridized carbons (Fsp3) is 0.250. The van der Waals surface area contributed by atoms with Gasteiger partial charge in [0.25, 0.3) is 5.91 Å². The molecule has 0 aliphatic heterocycles. The second kappa shape index (κ2) is 9.67. The van der Waals surface area contributed by atoms with E-state index in [0.29, 0.717) is 33.5 Å². The molecule has 0 saturated carbocycles. The van der Waals surface area contributed by atoms with Crippen molar-refractivity contribution in [3.8, 4) is 10.7 Å². The lowest BCUT2D eigenvalue weighted by atomic mass is 10.2. The minimum absolute atomic E-state index is 0.0297. The largest absolute Gasteiger partial charge is 0.336 e. The molecular weight excluding hydrogens is 434 g/mol. The van der Waals surface area contributed by atoms with Crippen LogP contribution in [0.15, 0.2) is 36.9 Å². The van der Waals surface area contributed by atoms with Crippen molar-refractivity contribution in [2.75, 3.05) is 10.6 Å². The standard InChI is InChI=1S/C20H23N7O2S2/c1-5-10-27-16(25-26-20(27)30)15-12(4)22-19(31-15)24-17(28)13-6-8-14(9-7-13)23-18(29)21-11(2)3/h5-9,11H,1,10H2,2-4H3,(H,26,30)(H2,21,23,29)(H,22,24,28). The second-order valence-electron chi connectivity index (χ2n) is 6.97. The minimum atomic E-state index is -0.302. The number of anilines is 2. The van der Waals surface area contributed by atoms with E-state index in [1.807, 2.05) is 25.3 Å². The molecule has 31 heavy (non-hydrogen) atoms. The maximum absolute atomic E-state index is 12.6. The summed E-state index contributed by atoms with van der Waals surface area (Å²) < 4.78 is 2.30. The number of urea groups is 1. The lowest BCUT2D eigenvalue weighted by molar-refractivity contribution is 0.102. The molecule has 0 saturated heterocycles. The van der Waals surface area contributed by atoms with Gasteiger partial charge in [-0.3, -0.25) is 19.8 Å². The number of thiazole rings is 1. The van der Waals surface area contributed by atoms with Crippen LogP contribution < -0.4 is 16.0 Å². The van der Waals surface area contributed by atoms with E-state index in [-0.39, 0.29) is 18.0 Å². The molecule has 0 bridgehead atoms. The zero-order chi connectivity index (χ0) is 22.5. The summed E-state index contributed by atoms with van der Waals surface area (Å²) in [7, 11) is 0. The van der Waals surface area contributed by atoms with Crippen molar-refractivity contribution in [2.24, 2.45) is 0 Å². The molecule has 0 radical (unpaired) electrons. The Morgan fingerprint density at radius 2 is 2.00 bits per heavy atom. The van der Waals surface area contributed by atoms with E-state index in [1.54, 1.807) is 30.3 Å². The first kappa shape index (κ1) is 22.4. The van der Waals surface area contributed by atoms with E-state index in [2.05, 4.69) is 37.7 Å². The Labute approximate surface area is 188 Å². The number of nitrogens with one attached hydrogen (secondary N) is 4. The van der Waals surface area contributed by atoms with Crippen LogP contribution in [0, 0.1) is 11.7 Å². The second-order valence-corrected chi connectivity index (χ2v) is 8.36. The van der Waals surface area contributed by atoms with Crippen molar-refractivity contribution >= 4 is 46.3 Å². The molecular formula is C20H23N7O2S2. The SMILES string of the molecule is C=CCn1c(-c2sc(NC(=O)c3ccc(NC(=O)NC(C)C)cc3)nc2C)n[nH]c1=S. The molecule has 0 aliphatic rings. The fourth-order valence-corrected chi connectivity index (χ4v) is 3.92. The molecule has 2 aromatic heterocycles. The molecule has 0 atom stereocenters. The van der Waals surface area contributed by atoms with Gasteiger partial charge in [0.2, 0.25) is 0 Å². The predicted molar refractivity (Wildman–Crippen MR) is 125 cm³/mol. The summed E-state index contributed by atoms with van der Waals surface area (Å²) in [5.74, 6) is 0.346. The van der Waals surface area contributed by atoms with E-state index in [9.17, 15) is 9.59 Å². The van der Waals surface area contributed by atoms with Crippen LogP contribution in [0.2, 0.25) is 0 Å². The van der Waals surface area contributed by atoms with Gasteiger partial charge in [0.15, 0.2) is 15.7 Å². The summed E-state index contributed by atoms with van der Waals surface area (Å²) in [6, 6.07) is 6.34. The summed E-state index contributed by atoms with van der Waals surface area (Å²) in [5.41, 5.74) is 1.76. The maximum Gasteiger partial charge on any atom is 0.319 e. The Morgan fingerprint density at radius 3 is 2.65 bits per heavy atom. The molecule has 0 unspecified atom stereocenters. The summed E-state index contributed by atoms with van der Waals surface area (Å²) in [4.78, 5) is 29.6. The molecule has 3 rings (SSSR count). The third-order valence-electron chi connectivity index (χ3n) is 4.11. The van der Waals surface area contributed by atoms with Gasteiger partial charge < -0.3 is 10.6 Å². The summed E-state index contributed by atoms with van der Waals surface area (Å²) >= 11 is 6.57. The van der Waals surface area contributed by atoms with Crippen molar-refractivity contribution in [1.82, 2.24) is 25.1 Å².